The molecule has 9 heteroatoms. The zero-order valence-electron chi connectivity index (χ0n) is 16.8. The predicted molar refractivity (Wildman–Crippen MR) is 121 cm³/mol. The number of likely N-dealkylation sites (tertiary alicyclic amines) is 2. The van der Waals surface area contributed by atoms with Crippen molar-refractivity contribution in [3.05, 3.63) is 27.1 Å². The van der Waals surface area contributed by atoms with Crippen LogP contribution in [0.2, 0.25) is 0 Å². The first kappa shape index (κ1) is 23.0. The molecule has 1 aromatic carbocycles. The Morgan fingerprint density at radius 2 is 2.07 bits per heavy atom. The van der Waals surface area contributed by atoms with Gasteiger partial charge in [-0.25, -0.2) is 13.1 Å². The first-order chi connectivity index (χ1) is 13.7. The lowest BCUT2D eigenvalue weighted by Gasteiger charge is -2.30. The molecule has 3 rings (SSSR count). The van der Waals surface area contributed by atoms with Gasteiger partial charge in [-0.1, -0.05) is 29.8 Å². The molecule has 2 saturated heterocycles. The lowest BCUT2D eigenvalue weighted by atomic mass is 10.0. The highest BCUT2D eigenvalue weighted by Crippen LogP contribution is 2.29. The minimum atomic E-state index is -3.68. The Morgan fingerprint density at radius 1 is 1.31 bits per heavy atom. The monoisotopic (exact) mass is 546 g/mol. The normalized spacial score (nSPS) is 25.7. The lowest BCUT2D eigenvalue weighted by Crippen LogP contribution is -2.41. The molecule has 6 nitrogen and oxygen atoms in total. The molecule has 0 saturated carbocycles. The van der Waals surface area contributed by atoms with Crippen LogP contribution in [-0.2, 0) is 10.0 Å². The maximum Gasteiger partial charge on any atom is 0.242 e. The maximum atomic E-state index is 12.9. The summed E-state index contributed by atoms with van der Waals surface area (Å²) < 4.78 is 29.9. The van der Waals surface area contributed by atoms with E-state index in [0.717, 1.165) is 13.1 Å². The summed E-state index contributed by atoms with van der Waals surface area (Å²) in [5.74, 6) is 0.652. The highest BCUT2D eigenvalue weighted by Gasteiger charge is 2.37. The summed E-state index contributed by atoms with van der Waals surface area (Å²) in [5, 5.41) is 9.60. The number of hydrogen-bond acceptors (Lipinski definition) is 5. The van der Waals surface area contributed by atoms with Gasteiger partial charge in [0.15, 0.2) is 6.19 Å². The number of sulfonamides is 1. The van der Waals surface area contributed by atoms with Crippen molar-refractivity contribution in [2.24, 2.45) is 5.92 Å². The second-order valence-corrected chi connectivity index (χ2v) is 11.9. The molecule has 3 atom stereocenters. The van der Waals surface area contributed by atoms with Crippen LogP contribution in [0.4, 0.5) is 0 Å². The van der Waals surface area contributed by atoms with E-state index < -0.39 is 10.0 Å². The highest BCUT2D eigenvalue weighted by molar-refractivity contribution is 9.11. The number of rotatable bonds is 7. The fraction of sp³-hybridized carbons (Fsp3) is 0.650. The van der Waals surface area contributed by atoms with E-state index >= 15 is 0 Å². The van der Waals surface area contributed by atoms with Crippen LogP contribution in [0, 0.1) is 17.4 Å². The van der Waals surface area contributed by atoms with E-state index in [-0.39, 0.29) is 17.0 Å². The Hall–Kier alpha value is -0.660. The van der Waals surface area contributed by atoms with E-state index in [4.69, 9.17) is 0 Å². The first-order valence-electron chi connectivity index (χ1n) is 10.1. The summed E-state index contributed by atoms with van der Waals surface area (Å²) in [4.78, 5) is 4.44. The topological polar surface area (TPSA) is 76.4 Å². The minimum absolute atomic E-state index is 0.0476. The van der Waals surface area contributed by atoms with Crippen LogP contribution in [0.25, 0.3) is 0 Å². The van der Waals surface area contributed by atoms with Gasteiger partial charge in [0.1, 0.15) is 0 Å². The fourth-order valence-corrected chi connectivity index (χ4v) is 7.22. The number of benzene rings is 1. The molecule has 0 spiro atoms. The van der Waals surface area contributed by atoms with Crippen LogP contribution in [0.1, 0.15) is 39.5 Å². The molecule has 0 aromatic heterocycles. The highest BCUT2D eigenvalue weighted by atomic mass is 79.9. The van der Waals surface area contributed by atoms with Crippen LogP contribution in [0.15, 0.2) is 32.0 Å². The van der Waals surface area contributed by atoms with Gasteiger partial charge in [-0.15, -0.1) is 0 Å². The summed E-state index contributed by atoms with van der Waals surface area (Å²) in [6.45, 7) is 6.80. The van der Waals surface area contributed by atoms with Gasteiger partial charge in [-0.3, -0.25) is 4.90 Å². The second-order valence-electron chi connectivity index (χ2n) is 8.46. The minimum Gasteiger partial charge on any atom is -0.305 e. The molecule has 0 amide bonds. The number of nitriles is 1. The average molecular weight is 548 g/mol. The van der Waals surface area contributed by atoms with E-state index in [9.17, 15) is 13.7 Å². The van der Waals surface area contributed by atoms with Gasteiger partial charge in [0, 0.05) is 34.1 Å². The van der Waals surface area contributed by atoms with Crippen molar-refractivity contribution in [3.8, 4) is 6.19 Å². The van der Waals surface area contributed by atoms with Crippen LogP contribution < -0.4 is 4.72 Å². The smallest absolute Gasteiger partial charge is 0.242 e. The van der Waals surface area contributed by atoms with Gasteiger partial charge in [-0.05, 0) is 72.3 Å². The van der Waals surface area contributed by atoms with Gasteiger partial charge in [0.05, 0.1) is 10.9 Å². The van der Waals surface area contributed by atoms with Crippen molar-refractivity contribution in [2.75, 3.05) is 19.6 Å². The quantitative estimate of drug-likeness (QED) is 0.523. The molecular formula is C20H28Br2N4O2S. The standard InChI is InChI=1S/C20H28Br2N4O2S/c1-14(2)8-17-4-3-7-25(17)12-18-10-16(11-26(18)13-23)24-29(27,28)20-9-15(21)5-6-19(20)22/h5-6,9,14,16-18,24H,3-4,7-8,10-12H2,1-2H3/t16-,17?,18-/m1/s1. The molecule has 2 fully saturated rings. The third kappa shape index (κ3) is 5.73. The lowest BCUT2D eigenvalue weighted by molar-refractivity contribution is 0.179. The molecule has 0 bridgehead atoms. The molecule has 2 heterocycles. The summed E-state index contributed by atoms with van der Waals surface area (Å²) in [6.07, 6.45) is 6.50. The van der Waals surface area contributed by atoms with Crippen molar-refractivity contribution in [1.29, 1.82) is 5.26 Å². The van der Waals surface area contributed by atoms with Crippen molar-refractivity contribution in [2.45, 2.75) is 62.6 Å². The van der Waals surface area contributed by atoms with Gasteiger partial charge in [0.2, 0.25) is 10.0 Å². The van der Waals surface area contributed by atoms with Crippen molar-refractivity contribution >= 4 is 41.9 Å². The zero-order valence-corrected chi connectivity index (χ0v) is 20.8. The van der Waals surface area contributed by atoms with E-state index in [1.165, 1.54) is 19.3 Å². The zero-order chi connectivity index (χ0) is 21.2. The SMILES string of the molecule is CC(C)CC1CCCN1C[C@H]1C[C@@H](NS(=O)(=O)c2cc(Br)ccc2Br)CN1C#N. The Balaban J connectivity index is 1.67. The maximum absolute atomic E-state index is 12.9. The molecule has 0 radical (unpaired) electrons. The number of halogens is 2. The van der Waals surface area contributed by atoms with Gasteiger partial charge in [-0.2, -0.15) is 5.26 Å². The van der Waals surface area contributed by atoms with Crippen LogP contribution >= 0.6 is 31.9 Å². The Morgan fingerprint density at radius 3 is 2.76 bits per heavy atom. The number of nitrogens with one attached hydrogen (secondary N) is 1. The van der Waals surface area contributed by atoms with E-state index in [0.29, 0.717) is 33.9 Å². The molecule has 0 aliphatic carbocycles. The molecule has 1 unspecified atom stereocenters. The Labute approximate surface area is 190 Å². The molecule has 2 aliphatic rings. The Bertz CT molecular complexity index is 872. The van der Waals surface area contributed by atoms with Crippen molar-refractivity contribution < 1.29 is 8.42 Å². The van der Waals surface area contributed by atoms with E-state index in [2.05, 4.69) is 61.5 Å². The van der Waals surface area contributed by atoms with Gasteiger partial charge < -0.3 is 4.90 Å². The van der Waals surface area contributed by atoms with Crippen LogP contribution in [0.5, 0.6) is 0 Å². The van der Waals surface area contributed by atoms with Crippen LogP contribution in [0.3, 0.4) is 0 Å². The van der Waals surface area contributed by atoms with Crippen molar-refractivity contribution in [1.82, 2.24) is 14.5 Å². The molecule has 1 N–H and O–H groups in total. The van der Waals surface area contributed by atoms with E-state index in [1.54, 1.807) is 23.1 Å². The molecule has 29 heavy (non-hydrogen) atoms. The average Bonchev–Trinajstić information content (AvgIpc) is 3.23. The van der Waals surface area contributed by atoms with E-state index in [1.807, 2.05) is 0 Å². The second kappa shape index (κ2) is 9.65. The Kier molecular flexibility index (Phi) is 7.66. The fourth-order valence-electron chi connectivity index (χ4n) is 4.48. The summed E-state index contributed by atoms with van der Waals surface area (Å²) in [5.41, 5.74) is 0. The summed E-state index contributed by atoms with van der Waals surface area (Å²) in [7, 11) is -3.68. The molecular weight excluding hydrogens is 520 g/mol. The largest absolute Gasteiger partial charge is 0.305 e. The molecule has 1 aromatic rings. The first-order valence-corrected chi connectivity index (χ1v) is 13.1. The molecule has 160 valence electrons. The molecule has 2 aliphatic heterocycles. The van der Waals surface area contributed by atoms with Gasteiger partial charge in [0.25, 0.3) is 0 Å². The van der Waals surface area contributed by atoms with Gasteiger partial charge >= 0.3 is 0 Å². The third-order valence-electron chi connectivity index (χ3n) is 5.74. The predicted octanol–water partition coefficient (Wildman–Crippen LogP) is 3.92. The number of hydrogen-bond donors (Lipinski definition) is 1. The van der Waals surface area contributed by atoms with Crippen molar-refractivity contribution in [3.63, 3.8) is 0 Å². The van der Waals surface area contributed by atoms with Crippen LogP contribution in [-0.4, -0.2) is 56.0 Å². The number of nitrogens with zero attached hydrogens (tertiary/aromatic N) is 3. The summed E-state index contributed by atoms with van der Waals surface area (Å²) >= 11 is 6.66. The third-order valence-corrected chi connectivity index (χ3v) is 8.74. The summed E-state index contributed by atoms with van der Waals surface area (Å²) in [6, 6.07) is 5.43.